The normalized spacial score (nSPS) is 32.5. The number of carbonyl (C=O) groups excluding carboxylic acids is 1. The third-order valence-electron chi connectivity index (χ3n) is 4.08. The number of likely N-dealkylation sites (tertiary alicyclic amines) is 1. The Morgan fingerprint density at radius 3 is 3.05 bits per heavy atom. The lowest BCUT2D eigenvalue weighted by Gasteiger charge is -2.38. The van der Waals surface area contributed by atoms with Crippen LogP contribution >= 0.6 is 0 Å². The number of cyclic esters (lactones) is 1. The monoisotopic (exact) mass is 264 g/mol. The van der Waals surface area contributed by atoms with Gasteiger partial charge < -0.3 is 4.74 Å². The summed E-state index contributed by atoms with van der Waals surface area (Å²) in [4.78, 5) is 18.2. The van der Waals surface area contributed by atoms with Crippen molar-refractivity contribution in [1.82, 2.24) is 19.7 Å². The molecule has 0 N–H and O–H groups in total. The molecule has 3 heterocycles. The van der Waals surface area contributed by atoms with E-state index >= 15 is 0 Å². The Bertz CT molecular complexity index is 434. The topological polar surface area (TPSA) is 60.2 Å². The van der Waals surface area contributed by atoms with Crippen molar-refractivity contribution in [3.05, 3.63) is 12.7 Å². The van der Waals surface area contributed by atoms with Gasteiger partial charge in [0.15, 0.2) is 0 Å². The Morgan fingerprint density at radius 1 is 1.47 bits per heavy atom. The van der Waals surface area contributed by atoms with Crippen molar-refractivity contribution >= 4 is 5.97 Å². The van der Waals surface area contributed by atoms with Crippen LogP contribution in [0.15, 0.2) is 12.7 Å². The summed E-state index contributed by atoms with van der Waals surface area (Å²) in [5, 5.41) is 4.17. The Balaban J connectivity index is 1.72. The zero-order valence-corrected chi connectivity index (χ0v) is 11.2. The van der Waals surface area contributed by atoms with Crippen LogP contribution in [0, 0.1) is 0 Å². The predicted molar refractivity (Wildman–Crippen MR) is 68.3 cm³/mol. The molecule has 0 aromatic carbocycles. The third kappa shape index (κ3) is 2.63. The second-order valence-corrected chi connectivity index (χ2v) is 5.50. The van der Waals surface area contributed by atoms with E-state index in [4.69, 9.17) is 4.74 Å². The molecular formula is C13H20N4O2. The zero-order chi connectivity index (χ0) is 13.2. The molecule has 1 aromatic rings. The van der Waals surface area contributed by atoms with Gasteiger partial charge >= 0.3 is 5.97 Å². The fourth-order valence-electron chi connectivity index (χ4n) is 3.18. The first-order valence-electron chi connectivity index (χ1n) is 7.02. The molecule has 0 saturated carbocycles. The van der Waals surface area contributed by atoms with Crippen molar-refractivity contribution in [2.24, 2.45) is 0 Å². The van der Waals surface area contributed by atoms with Gasteiger partial charge in [0.2, 0.25) is 0 Å². The largest absolute Gasteiger partial charge is 0.461 e. The minimum absolute atomic E-state index is 0.0476. The van der Waals surface area contributed by atoms with Gasteiger partial charge in [0.1, 0.15) is 24.8 Å². The van der Waals surface area contributed by atoms with Crippen molar-refractivity contribution in [2.75, 3.05) is 6.54 Å². The van der Waals surface area contributed by atoms with E-state index in [0.29, 0.717) is 6.04 Å². The van der Waals surface area contributed by atoms with E-state index in [1.165, 1.54) is 6.42 Å². The number of hydrogen-bond donors (Lipinski definition) is 0. The highest BCUT2D eigenvalue weighted by Crippen LogP contribution is 2.27. The van der Waals surface area contributed by atoms with E-state index in [2.05, 4.69) is 15.0 Å². The molecule has 19 heavy (non-hydrogen) atoms. The molecule has 0 aliphatic carbocycles. The summed E-state index contributed by atoms with van der Waals surface area (Å²) in [6.45, 7) is 3.75. The molecule has 2 aliphatic heterocycles. The number of piperidine rings is 1. The fourth-order valence-corrected chi connectivity index (χ4v) is 3.18. The average Bonchev–Trinajstić information content (AvgIpc) is 3.00. The Hall–Kier alpha value is -1.43. The van der Waals surface area contributed by atoms with Crippen LogP contribution in [0.5, 0.6) is 0 Å². The molecular weight excluding hydrogens is 244 g/mol. The van der Waals surface area contributed by atoms with Crippen LogP contribution in [-0.4, -0.2) is 50.4 Å². The number of carbonyl (C=O) groups is 1. The summed E-state index contributed by atoms with van der Waals surface area (Å²) in [5.41, 5.74) is 0. The lowest BCUT2D eigenvalue weighted by Crippen LogP contribution is -2.50. The van der Waals surface area contributed by atoms with E-state index in [1.807, 2.05) is 11.6 Å². The van der Waals surface area contributed by atoms with Gasteiger partial charge in [-0.1, -0.05) is 6.42 Å². The summed E-state index contributed by atoms with van der Waals surface area (Å²) in [6, 6.07) is 0.294. The average molecular weight is 264 g/mol. The predicted octanol–water partition coefficient (Wildman–Crippen LogP) is 0.837. The first kappa shape index (κ1) is 12.6. The molecule has 0 radical (unpaired) electrons. The summed E-state index contributed by atoms with van der Waals surface area (Å²) in [5.74, 6) is -0.0574. The molecule has 3 rings (SSSR count). The number of aromatic nitrogens is 3. The summed E-state index contributed by atoms with van der Waals surface area (Å²) >= 11 is 0. The van der Waals surface area contributed by atoms with Crippen LogP contribution in [0.2, 0.25) is 0 Å². The molecule has 0 amide bonds. The van der Waals surface area contributed by atoms with Crippen molar-refractivity contribution in [1.29, 1.82) is 0 Å². The summed E-state index contributed by atoms with van der Waals surface area (Å²) in [6.07, 6.45) is 7.64. The second-order valence-electron chi connectivity index (χ2n) is 5.50. The van der Waals surface area contributed by atoms with Gasteiger partial charge in [-0.15, -0.1) is 0 Å². The lowest BCUT2D eigenvalue weighted by molar-refractivity contribution is -0.146. The van der Waals surface area contributed by atoms with Gasteiger partial charge in [-0.3, -0.25) is 14.4 Å². The Morgan fingerprint density at radius 2 is 2.37 bits per heavy atom. The van der Waals surface area contributed by atoms with Gasteiger partial charge in [-0.05, 0) is 26.3 Å². The number of hydrogen-bond acceptors (Lipinski definition) is 5. The van der Waals surface area contributed by atoms with Crippen LogP contribution in [-0.2, 0) is 16.1 Å². The van der Waals surface area contributed by atoms with Crippen LogP contribution in [0.3, 0.4) is 0 Å². The van der Waals surface area contributed by atoms with Crippen molar-refractivity contribution < 1.29 is 9.53 Å². The van der Waals surface area contributed by atoms with E-state index in [0.717, 1.165) is 32.4 Å². The first-order valence-corrected chi connectivity index (χ1v) is 7.02. The Kier molecular flexibility index (Phi) is 3.50. The van der Waals surface area contributed by atoms with Crippen molar-refractivity contribution in [2.45, 2.75) is 57.3 Å². The third-order valence-corrected chi connectivity index (χ3v) is 4.08. The van der Waals surface area contributed by atoms with Crippen LogP contribution in [0.4, 0.5) is 0 Å². The maximum Gasteiger partial charge on any atom is 0.323 e. The van der Waals surface area contributed by atoms with Gasteiger partial charge in [-0.25, -0.2) is 4.98 Å². The summed E-state index contributed by atoms with van der Waals surface area (Å²) < 4.78 is 7.15. The highest BCUT2D eigenvalue weighted by molar-refractivity contribution is 5.78. The van der Waals surface area contributed by atoms with E-state index in [1.54, 1.807) is 12.7 Å². The van der Waals surface area contributed by atoms with Crippen molar-refractivity contribution in [3.8, 4) is 0 Å². The maximum atomic E-state index is 11.9. The minimum atomic E-state index is -0.0659. The fraction of sp³-hybridized carbons (Fsp3) is 0.769. The van der Waals surface area contributed by atoms with E-state index in [-0.39, 0.29) is 18.1 Å². The highest BCUT2D eigenvalue weighted by atomic mass is 16.6. The molecule has 2 fully saturated rings. The molecule has 2 aliphatic rings. The second kappa shape index (κ2) is 5.28. The smallest absolute Gasteiger partial charge is 0.323 e. The van der Waals surface area contributed by atoms with Crippen molar-refractivity contribution in [3.63, 3.8) is 0 Å². The maximum absolute atomic E-state index is 11.9. The van der Waals surface area contributed by atoms with Crippen LogP contribution in [0.25, 0.3) is 0 Å². The minimum Gasteiger partial charge on any atom is -0.461 e. The lowest BCUT2D eigenvalue weighted by atomic mass is 9.98. The van der Waals surface area contributed by atoms with Gasteiger partial charge in [0.25, 0.3) is 0 Å². The molecule has 6 heteroatoms. The van der Waals surface area contributed by atoms with Gasteiger partial charge in [0, 0.05) is 12.5 Å². The van der Waals surface area contributed by atoms with E-state index < -0.39 is 0 Å². The SMILES string of the molecule is C[C@@H]1C[C@@H](N2CCCC[C@@H]2Cn2cncn2)C(=O)O1. The highest BCUT2D eigenvalue weighted by Gasteiger charge is 2.40. The molecule has 1 aromatic heterocycles. The van der Waals surface area contributed by atoms with Crippen LogP contribution < -0.4 is 0 Å². The van der Waals surface area contributed by atoms with Crippen LogP contribution in [0.1, 0.15) is 32.6 Å². The number of esters is 1. The zero-order valence-electron chi connectivity index (χ0n) is 11.2. The standard InChI is InChI=1S/C13H20N4O2/c1-10-6-12(13(18)19-10)17-5-3-2-4-11(17)7-16-9-14-8-15-16/h8-12H,2-7H2,1H3/t10-,11-,12-/m1/s1. The molecule has 6 nitrogen and oxygen atoms in total. The molecule has 104 valence electrons. The molecule has 2 saturated heterocycles. The van der Waals surface area contributed by atoms with E-state index in [9.17, 15) is 4.79 Å². The van der Waals surface area contributed by atoms with Gasteiger partial charge in [0.05, 0.1) is 6.54 Å². The van der Waals surface area contributed by atoms with Gasteiger partial charge in [-0.2, -0.15) is 5.10 Å². The molecule has 3 atom stereocenters. The quantitative estimate of drug-likeness (QED) is 0.757. The molecule has 0 unspecified atom stereocenters. The number of nitrogens with zero attached hydrogens (tertiary/aromatic N) is 4. The first-order chi connectivity index (χ1) is 9.24. The Labute approximate surface area is 112 Å². The number of ether oxygens (including phenoxy) is 1. The molecule has 0 spiro atoms. The number of rotatable bonds is 3. The molecule has 0 bridgehead atoms. The summed E-state index contributed by atoms with van der Waals surface area (Å²) in [7, 11) is 0.